The number of aryl methyl sites for hydroxylation is 2. The smallest absolute Gasteiger partial charge is 0.263 e. The summed E-state index contributed by atoms with van der Waals surface area (Å²) in [4.78, 5) is 17.0. The van der Waals surface area contributed by atoms with E-state index in [1.54, 1.807) is 11.3 Å². The van der Waals surface area contributed by atoms with Gasteiger partial charge in [0.05, 0.1) is 17.1 Å². The van der Waals surface area contributed by atoms with Gasteiger partial charge in [0.15, 0.2) is 0 Å². The number of aliphatic hydroxyl groups is 1. The van der Waals surface area contributed by atoms with Gasteiger partial charge in [-0.25, -0.2) is 0 Å². The van der Waals surface area contributed by atoms with Crippen molar-refractivity contribution in [2.45, 2.75) is 57.7 Å². The van der Waals surface area contributed by atoms with E-state index in [9.17, 15) is 9.90 Å². The molecule has 1 spiro atoms. The van der Waals surface area contributed by atoms with E-state index in [1.165, 1.54) is 16.9 Å². The molecule has 1 saturated carbocycles. The van der Waals surface area contributed by atoms with Crippen LogP contribution in [0.3, 0.4) is 0 Å². The number of likely N-dealkylation sites (tertiary alicyclic amines) is 1. The first-order valence-corrected chi connectivity index (χ1v) is 9.66. The molecule has 1 saturated heterocycles. The summed E-state index contributed by atoms with van der Waals surface area (Å²) >= 11 is 1.69. The Hall–Kier alpha value is -0.910. The predicted octanol–water partition coefficient (Wildman–Crippen LogP) is 2.63. The molecule has 5 heteroatoms. The van der Waals surface area contributed by atoms with Crippen LogP contribution in [0.2, 0.25) is 0 Å². The topological polar surface area (TPSA) is 49.8 Å². The first-order valence-electron chi connectivity index (χ1n) is 8.84. The number of fused-ring (bicyclic) bond motifs is 1. The van der Waals surface area contributed by atoms with E-state index >= 15 is 0 Å². The van der Waals surface area contributed by atoms with E-state index in [4.69, 9.17) is 4.74 Å². The van der Waals surface area contributed by atoms with Gasteiger partial charge in [0.1, 0.15) is 0 Å². The third-order valence-corrected chi connectivity index (χ3v) is 7.27. The second-order valence-corrected chi connectivity index (χ2v) is 8.27. The Morgan fingerprint density at radius 1 is 1.43 bits per heavy atom. The van der Waals surface area contributed by atoms with Crippen molar-refractivity contribution < 1.29 is 14.6 Å². The van der Waals surface area contributed by atoms with Crippen molar-refractivity contribution >= 4 is 17.2 Å². The minimum absolute atomic E-state index is 0.107. The van der Waals surface area contributed by atoms with Crippen LogP contribution in [0.15, 0.2) is 6.07 Å². The Morgan fingerprint density at radius 3 is 2.87 bits per heavy atom. The van der Waals surface area contributed by atoms with Crippen LogP contribution < -0.4 is 0 Å². The minimum atomic E-state index is -0.262. The maximum Gasteiger partial charge on any atom is 0.263 e. The summed E-state index contributed by atoms with van der Waals surface area (Å²) in [6.07, 6.45) is 5.87. The van der Waals surface area contributed by atoms with Gasteiger partial charge in [0, 0.05) is 36.4 Å². The first kappa shape index (κ1) is 15.6. The Labute approximate surface area is 141 Å². The van der Waals surface area contributed by atoms with Crippen LogP contribution >= 0.6 is 11.3 Å². The Kier molecular flexibility index (Phi) is 3.98. The molecule has 1 aromatic heterocycles. The molecular weight excluding hydrogens is 310 g/mol. The highest BCUT2D eigenvalue weighted by Gasteiger charge is 2.56. The van der Waals surface area contributed by atoms with Gasteiger partial charge in [-0.05, 0) is 50.7 Å². The SMILES string of the molecule is CCO[C@H]1C[C@@H](O)C12CCN(C(=O)c1cc3c(s1)CCC3)CC2. The number of ether oxygens (including phenoxy) is 1. The number of carbonyl (C=O) groups excluding carboxylic acids is 1. The second kappa shape index (κ2) is 5.87. The van der Waals surface area contributed by atoms with Crippen LogP contribution in [0.25, 0.3) is 0 Å². The van der Waals surface area contributed by atoms with Crippen molar-refractivity contribution in [2.75, 3.05) is 19.7 Å². The highest BCUT2D eigenvalue weighted by Crippen LogP contribution is 2.51. The lowest BCUT2D eigenvalue weighted by Crippen LogP contribution is -2.62. The molecule has 4 nitrogen and oxygen atoms in total. The van der Waals surface area contributed by atoms with Crippen molar-refractivity contribution in [1.82, 2.24) is 4.90 Å². The first-order chi connectivity index (χ1) is 11.1. The lowest BCUT2D eigenvalue weighted by molar-refractivity contribution is -0.207. The number of hydrogen-bond donors (Lipinski definition) is 1. The molecule has 2 fully saturated rings. The van der Waals surface area contributed by atoms with Gasteiger partial charge in [-0.1, -0.05) is 0 Å². The Morgan fingerprint density at radius 2 is 2.22 bits per heavy atom. The summed E-state index contributed by atoms with van der Waals surface area (Å²) in [6, 6.07) is 2.11. The summed E-state index contributed by atoms with van der Waals surface area (Å²) in [5, 5.41) is 10.3. The molecular formula is C18H25NO3S. The fourth-order valence-corrected chi connectivity index (χ4v) is 5.75. The number of aliphatic hydroxyl groups excluding tert-OH is 1. The average Bonchev–Trinajstić information content (AvgIpc) is 3.16. The molecule has 1 N–H and O–H groups in total. The number of amides is 1. The molecule has 0 radical (unpaired) electrons. The predicted molar refractivity (Wildman–Crippen MR) is 90.0 cm³/mol. The van der Waals surface area contributed by atoms with Gasteiger partial charge in [0.25, 0.3) is 5.91 Å². The quantitative estimate of drug-likeness (QED) is 0.924. The summed E-state index contributed by atoms with van der Waals surface area (Å²) in [5.41, 5.74) is 1.28. The standard InChI is InChI=1S/C18H25NO3S/c1-2-22-16-11-15(20)18(16)6-8-19(9-7-18)17(21)14-10-12-4-3-5-13(12)23-14/h10,15-16,20H,2-9,11H2,1H3/t15-,16+/m1/s1. The molecule has 1 aliphatic heterocycles. The lowest BCUT2D eigenvalue weighted by Gasteiger charge is -2.56. The molecule has 2 atom stereocenters. The van der Waals surface area contributed by atoms with E-state index in [-0.39, 0.29) is 23.5 Å². The summed E-state index contributed by atoms with van der Waals surface area (Å²) < 4.78 is 5.80. The number of carbonyl (C=O) groups is 1. The number of piperidine rings is 1. The number of nitrogens with zero attached hydrogens (tertiary/aromatic N) is 1. The van der Waals surface area contributed by atoms with Gasteiger partial charge in [-0.15, -0.1) is 11.3 Å². The zero-order chi connectivity index (χ0) is 16.0. The van der Waals surface area contributed by atoms with Gasteiger partial charge in [-0.3, -0.25) is 4.79 Å². The number of hydrogen-bond acceptors (Lipinski definition) is 4. The fraction of sp³-hybridized carbons (Fsp3) is 0.722. The molecule has 2 heterocycles. The normalized spacial score (nSPS) is 28.7. The molecule has 23 heavy (non-hydrogen) atoms. The van der Waals surface area contributed by atoms with Gasteiger partial charge in [0.2, 0.25) is 0 Å². The molecule has 0 aromatic carbocycles. The Balaban J connectivity index is 1.42. The molecule has 3 aliphatic rings. The van der Waals surface area contributed by atoms with Crippen molar-refractivity contribution in [1.29, 1.82) is 0 Å². The number of rotatable bonds is 3. The van der Waals surface area contributed by atoms with Crippen LogP contribution in [0, 0.1) is 5.41 Å². The highest BCUT2D eigenvalue weighted by molar-refractivity contribution is 7.14. The maximum absolute atomic E-state index is 12.8. The van der Waals surface area contributed by atoms with E-state index in [2.05, 4.69) is 6.07 Å². The summed E-state index contributed by atoms with van der Waals surface area (Å²) in [6.45, 7) is 4.18. The molecule has 2 aliphatic carbocycles. The van der Waals surface area contributed by atoms with Crippen molar-refractivity contribution in [3.63, 3.8) is 0 Å². The minimum Gasteiger partial charge on any atom is -0.392 e. The fourth-order valence-electron chi connectivity index (χ4n) is 4.53. The molecule has 1 amide bonds. The molecule has 4 rings (SSSR count). The molecule has 0 unspecified atom stereocenters. The third-order valence-electron chi connectivity index (χ3n) is 6.05. The van der Waals surface area contributed by atoms with Gasteiger partial charge >= 0.3 is 0 Å². The zero-order valence-corrected chi connectivity index (χ0v) is 14.5. The van der Waals surface area contributed by atoms with Crippen molar-refractivity contribution in [3.8, 4) is 0 Å². The van der Waals surface area contributed by atoms with Crippen LogP contribution in [0.4, 0.5) is 0 Å². The van der Waals surface area contributed by atoms with E-state index in [0.717, 1.165) is 50.1 Å². The highest BCUT2D eigenvalue weighted by atomic mass is 32.1. The van der Waals surface area contributed by atoms with Crippen molar-refractivity contribution in [3.05, 3.63) is 21.4 Å². The van der Waals surface area contributed by atoms with Crippen LogP contribution in [0.5, 0.6) is 0 Å². The van der Waals surface area contributed by atoms with Gasteiger partial charge < -0.3 is 14.7 Å². The van der Waals surface area contributed by atoms with E-state index in [1.807, 2.05) is 11.8 Å². The monoisotopic (exact) mass is 335 g/mol. The van der Waals surface area contributed by atoms with E-state index < -0.39 is 0 Å². The molecule has 1 aromatic rings. The summed E-state index contributed by atoms with van der Waals surface area (Å²) in [5.74, 6) is 0.182. The zero-order valence-electron chi connectivity index (χ0n) is 13.7. The average molecular weight is 335 g/mol. The summed E-state index contributed by atoms with van der Waals surface area (Å²) in [7, 11) is 0. The molecule has 0 bridgehead atoms. The Bertz CT molecular complexity index is 580. The number of thiophene rings is 1. The maximum atomic E-state index is 12.8. The van der Waals surface area contributed by atoms with Gasteiger partial charge in [-0.2, -0.15) is 0 Å². The lowest BCUT2D eigenvalue weighted by atomic mass is 9.58. The van der Waals surface area contributed by atoms with E-state index in [0.29, 0.717) is 6.61 Å². The molecule has 126 valence electrons. The van der Waals surface area contributed by atoms with Crippen LogP contribution in [-0.2, 0) is 17.6 Å². The largest absolute Gasteiger partial charge is 0.392 e. The third kappa shape index (κ3) is 2.44. The second-order valence-electron chi connectivity index (χ2n) is 7.13. The van der Waals surface area contributed by atoms with Crippen LogP contribution in [-0.4, -0.2) is 47.8 Å². The van der Waals surface area contributed by atoms with Crippen LogP contribution in [0.1, 0.15) is 52.7 Å². The van der Waals surface area contributed by atoms with Crippen molar-refractivity contribution in [2.24, 2.45) is 5.41 Å².